The summed E-state index contributed by atoms with van der Waals surface area (Å²) in [4.78, 5) is 26.2. The summed E-state index contributed by atoms with van der Waals surface area (Å²) in [5.41, 5.74) is 15.4. The van der Waals surface area contributed by atoms with Gasteiger partial charge in [-0.05, 0) is 41.5 Å². The molecule has 156 valence electrons. The smallest absolute Gasteiger partial charge is 0.196 e. The Kier molecular flexibility index (Phi) is 4.68. The van der Waals surface area contributed by atoms with Gasteiger partial charge in [0.1, 0.15) is 5.75 Å². The zero-order valence-electron chi connectivity index (χ0n) is 16.8. The van der Waals surface area contributed by atoms with Gasteiger partial charge in [0.15, 0.2) is 17.3 Å². The molecule has 0 bridgehead atoms. The molecular weight excluding hydrogens is 424 g/mol. The summed E-state index contributed by atoms with van der Waals surface area (Å²) in [6.45, 7) is 0. The Morgan fingerprint density at radius 3 is 2.06 bits per heavy atom. The van der Waals surface area contributed by atoms with E-state index < -0.39 is 5.78 Å². The van der Waals surface area contributed by atoms with Crippen LogP contribution in [0.2, 0.25) is 5.02 Å². The molecule has 1 aliphatic rings. The zero-order valence-corrected chi connectivity index (χ0v) is 17.5. The molecule has 4 aromatic rings. The minimum atomic E-state index is -0.411. The minimum absolute atomic E-state index is 0.0423. The number of halogens is 1. The average Bonchev–Trinajstić information content (AvgIpc) is 2.80. The van der Waals surface area contributed by atoms with Crippen molar-refractivity contribution < 1.29 is 14.3 Å². The number of anilines is 2. The molecule has 0 heterocycles. The first kappa shape index (κ1) is 19.8. The van der Waals surface area contributed by atoms with Crippen LogP contribution in [-0.2, 0) is 0 Å². The van der Waals surface area contributed by atoms with Crippen molar-refractivity contribution in [2.75, 3.05) is 11.5 Å². The van der Waals surface area contributed by atoms with Crippen molar-refractivity contribution in [1.29, 1.82) is 0 Å². The second kappa shape index (κ2) is 7.55. The fraction of sp³-hybridized carbons (Fsp3) is 0. The first-order valence-electron chi connectivity index (χ1n) is 9.88. The van der Waals surface area contributed by atoms with Crippen LogP contribution in [0, 0.1) is 0 Å². The largest absolute Gasteiger partial charge is 0.455 e. The Bertz CT molecular complexity index is 1400. The number of hydrogen-bond acceptors (Lipinski definition) is 5. The molecule has 32 heavy (non-hydrogen) atoms. The molecule has 5 rings (SSSR count). The van der Waals surface area contributed by atoms with Crippen LogP contribution in [0.5, 0.6) is 11.5 Å². The first-order valence-corrected chi connectivity index (χ1v) is 10.3. The fourth-order valence-corrected chi connectivity index (χ4v) is 4.08. The summed E-state index contributed by atoms with van der Waals surface area (Å²) in [5.74, 6) is -0.0468. The Morgan fingerprint density at radius 1 is 0.688 bits per heavy atom. The quantitative estimate of drug-likeness (QED) is 0.349. The van der Waals surface area contributed by atoms with E-state index in [-0.39, 0.29) is 45.2 Å². The van der Waals surface area contributed by atoms with Crippen molar-refractivity contribution in [3.8, 4) is 22.6 Å². The summed E-state index contributed by atoms with van der Waals surface area (Å²) >= 11 is 6.04. The fourth-order valence-electron chi connectivity index (χ4n) is 3.90. The van der Waals surface area contributed by atoms with Crippen molar-refractivity contribution in [2.45, 2.75) is 0 Å². The summed E-state index contributed by atoms with van der Waals surface area (Å²) in [6, 6.07) is 23.4. The van der Waals surface area contributed by atoms with Crippen LogP contribution in [0.25, 0.3) is 11.1 Å². The molecule has 0 radical (unpaired) electrons. The van der Waals surface area contributed by atoms with E-state index in [1.807, 2.05) is 42.5 Å². The first-order chi connectivity index (χ1) is 15.4. The van der Waals surface area contributed by atoms with Gasteiger partial charge < -0.3 is 16.2 Å². The highest BCUT2D eigenvalue weighted by atomic mass is 35.5. The lowest BCUT2D eigenvalue weighted by Gasteiger charge is -2.22. The summed E-state index contributed by atoms with van der Waals surface area (Å²) in [5, 5.41) is 0.353. The normalized spacial score (nSPS) is 12.3. The molecular formula is C26H17ClN2O3. The van der Waals surface area contributed by atoms with E-state index in [1.54, 1.807) is 18.2 Å². The molecule has 0 unspecified atom stereocenters. The van der Waals surface area contributed by atoms with E-state index in [0.717, 1.165) is 11.1 Å². The third-order valence-electron chi connectivity index (χ3n) is 5.47. The maximum absolute atomic E-state index is 13.2. The molecule has 0 spiro atoms. The van der Waals surface area contributed by atoms with E-state index in [2.05, 4.69) is 0 Å². The molecule has 0 fully saturated rings. The molecule has 1 aliphatic carbocycles. The number of carbonyl (C=O) groups is 2. The lowest BCUT2D eigenvalue weighted by molar-refractivity contribution is 0.0980. The molecule has 0 atom stereocenters. The van der Waals surface area contributed by atoms with Gasteiger partial charge in [-0.3, -0.25) is 9.59 Å². The minimum Gasteiger partial charge on any atom is -0.455 e. The van der Waals surface area contributed by atoms with Crippen molar-refractivity contribution in [3.63, 3.8) is 0 Å². The van der Waals surface area contributed by atoms with Crippen LogP contribution in [0.15, 0.2) is 78.9 Å². The molecule has 4 aromatic carbocycles. The predicted molar refractivity (Wildman–Crippen MR) is 126 cm³/mol. The van der Waals surface area contributed by atoms with Crippen LogP contribution in [-0.4, -0.2) is 11.6 Å². The highest BCUT2D eigenvalue weighted by Crippen LogP contribution is 2.41. The summed E-state index contributed by atoms with van der Waals surface area (Å²) in [7, 11) is 0. The van der Waals surface area contributed by atoms with Crippen LogP contribution in [0.3, 0.4) is 0 Å². The molecule has 0 aromatic heterocycles. The second-order valence-electron chi connectivity index (χ2n) is 7.47. The lowest BCUT2D eigenvalue weighted by atomic mass is 9.82. The van der Waals surface area contributed by atoms with E-state index >= 15 is 0 Å². The number of ketones is 2. The molecule has 0 saturated heterocycles. The number of benzene rings is 4. The van der Waals surface area contributed by atoms with Gasteiger partial charge in [0, 0.05) is 27.9 Å². The number of hydrogen-bond donors (Lipinski definition) is 2. The van der Waals surface area contributed by atoms with Gasteiger partial charge in [0.2, 0.25) is 0 Å². The van der Waals surface area contributed by atoms with Gasteiger partial charge >= 0.3 is 0 Å². The van der Waals surface area contributed by atoms with Crippen LogP contribution < -0.4 is 16.2 Å². The summed E-state index contributed by atoms with van der Waals surface area (Å²) in [6.07, 6.45) is 0. The highest BCUT2D eigenvalue weighted by molar-refractivity contribution is 6.35. The number of carbonyl (C=O) groups excluding carboxylic acids is 2. The monoisotopic (exact) mass is 440 g/mol. The second-order valence-corrected chi connectivity index (χ2v) is 7.90. The van der Waals surface area contributed by atoms with Crippen molar-refractivity contribution in [1.82, 2.24) is 0 Å². The van der Waals surface area contributed by atoms with Crippen LogP contribution in [0.1, 0.15) is 31.8 Å². The Balaban J connectivity index is 1.53. The average molecular weight is 441 g/mol. The number of rotatable bonds is 3. The third-order valence-corrected chi connectivity index (χ3v) is 5.71. The zero-order chi connectivity index (χ0) is 22.4. The van der Waals surface area contributed by atoms with Gasteiger partial charge in [-0.15, -0.1) is 0 Å². The standard InChI is InChI=1S/C26H17ClN2O3/c27-16-8-11-18-19(12-16)26(31)23-22(25(18)30)20(28)13-21(24(23)29)32-17-9-6-15(7-10-17)14-4-2-1-3-5-14/h1-13H,28-29H2. The summed E-state index contributed by atoms with van der Waals surface area (Å²) < 4.78 is 5.95. The van der Waals surface area contributed by atoms with E-state index in [9.17, 15) is 9.59 Å². The number of ether oxygens (including phenoxy) is 1. The van der Waals surface area contributed by atoms with Gasteiger partial charge in [-0.2, -0.15) is 0 Å². The Morgan fingerprint density at radius 2 is 1.34 bits per heavy atom. The van der Waals surface area contributed by atoms with E-state index in [1.165, 1.54) is 18.2 Å². The van der Waals surface area contributed by atoms with E-state index in [4.69, 9.17) is 27.8 Å². The molecule has 6 heteroatoms. The van der Waals surface area contributed by atoms with Crippen LogP contribution >= 0.6 is 11.6 Å². The number of nitrogens with two attached hydrogens (primary N) is 2. The van der Waals surface area contributed by atoms with Crippen molar-refractivity contribution in [3.05, 3.63) is 106 Å². The lowest BCUT2D eigenvalue weighted by Crippen LogP contribution is -2.24. The van der Waals surface area contributed by atoms with Gasteiger partial charge in [-0.25, -0.2) is 0 Å². The molecule has 4 N–H and O–H groups in total. The van der Waals surface area contributed by atoms with Crippen LogP contribution in [0.4, 0.5) is 11.4 Å². The highest BCUT2D eigenvalue weighted by Gasteiger charge is 2.34. The van der Waals surface area contributed by atoms with Crippen molar-refractivity contribution >= 4 is 34.5 Å². The van der Waals surface area contributed by atoms with Gasteiger partial charge in [-0.1, -0.05) is 54.1 Å². The topological polar surface area (TPSA) is 95.4 Å². The molecule has 0 amide bonds. The SMILES string of the molecule is Nc1cc(Oc2ccc(-c3ccccc3)cc2)c(N)c2c1C(=O)c1ccc(Cl)cc1C2=O. The van der Waals surface area contributed by atoms with Crippen molar-refractivity contribution in [2.24, 2.45) is 0 Å². The van der Waals surface area contributed by atoms with E-state index in [0.29, 0.717) is 10.8 Å². The maximum Gasteiger partial charge on any atom is 0.196 e. The Labute approximate surface area is 189 Å². The predicted octanol–water partition coefficient (Wildman–Crippen LogP) is 5.74. The molecule has 0 aliphatic heterocycles. The third kappa shape index (κ3) is 3.20. The molecule has 5 nitrogen and oxygen atoms in total. The maximum atomic E-state index is 13.2. The van der Waals surface area contributed by atoms with Gasteiger partial charge in [0.05, 0.1) is 16.8 Å². The Hall–Kier alpha value is -4.09. The van der Waals surface area contributed by atoms with Gasteiger partial charge in [0.25, 0.3) is 0 Å². The molecule has 0 saturated carbocycles. The number of fused-ring (bicyclic) bond motifs is 2. The number of nitrogen functional groups attached to an aromatic ring is 2.